The Morgan fingerprint density at radius 1 is 1.43 bits per heavy atom. The zero-order valence-electron chi connectivity index (χ0n) is 8.32. The van der Waals surface area contributed by atoms with Gasteiger partial charge in [-0.25, -0.2) is 4.39 Å². The summed E-state index contributed by atoms with van der Waals surface area (Å²) < 4.78 is 14.0. The van der Waals surface area contributed by atoms with Gasteiger partial charge in [0, 0.05) is 12.1 Å². The van der Waals surface area contributed by atoms with Gasteiger partial charge in [0.1, 0.15) is 5.82 Å². The van der Waals surface area contributed by atoms with Crippen LogP contribution in [0.2, 0.25) is 0 Å². The van der Waals surface area contributed by atoms with E-state index in [4.69, 9.17) is 0 Å². The van der Waals surface area contributed by atoms with Gasteiger partial charge in [-0.1, -0.05) is 25.5 Å². The second-order valence-electron chi connectivity index (χ2n) is 3.24. The fourth-order valence-electron chi connectivity index (χ4n) is 1.21. The predicted octanol–water partition coefficient (Wildman–Crippen LogP) is 3.48. The first-order chi connectivity index (χ1) is 6.75. The molecule has 0 amide bonds. The lowest BCUT2D eigenvalue weighted by molar-refractivity contribution is 0.575. The van der Waals surface area contributed by atoms with Gasteiger partial charge in [0.2, 0.25) is 0 Å². The van der Waals surface area contributed by atoms with Gasteiger partial charge in [-0.2, -0.15) is 0 Å². The molecule has 3 heteroatoms. The summed E-state index contributed by atoms with van der Waals surface area (Å²) in [6.45, 7) is 3.69. The van der Waals surface area contributed by atoms with Crippen LogP contribution in [0.25, 0.3) is 0 Å². The molecule has 0 saturated carbocycles. The molecule has 0 bridgehead atoms. The molecule has 1 rings (SSSR count). The molecule has 78 valence electrons. The average molecular weight is 260 g/mol. The van der Waals surface area contributed by atoms with E-state index < -0.39 is 0 Å². The average Bonchev–Trinajstić information content (AvgIpc) is 2.19. The fraction of sp³-hybridized carbons (Fsp3) is 0.455. The molecule has 1 nitrogen and oxygen atoms in total. The first-order valence-corrected chi connectivity index (χ1v) is 5.68. The Kier molecular flexibility index (Phi) is 5.12. The first-order valence-electron chi connectivity index (χ1n) is 4.89. The third-order valence-corrected chi connectivity index (χ3v) is 2.67. The molecule has 0 heterocycles. The summed E-state index contributed by atoms with van der Waals surface area (Å²) in [6.07, 6.45) is 2.30. The number of halogens is 2. The van der Waals surface area contributed by atoms with Crippen LogP contribution < -0.4 is 5.32 Å². The zero-order chi connectivity index (χ0) is 10.4. The molecule has 0 atom stereocenters. The summed E-state index contributed by atoms with van der Waals surface area (Å²) in [6, 6.07) is 5.37. The van der Waals surface area contributed by atoms with Gasteiger partial charge in [0.25, 0.3) is 0 Å². The normalized spacial score (nSPS) is 10.5. The molecular weight excluding hydrogens is 245 g/mol. The molecule has 1 aromatic carbocycles. The number of rotatable bonds is 5. The molecule has 0 unspecified atom stereocenters. The molecule has 0 aliphatic heterocycles. The lowest BCUT2D eigenvalue weighted by Gasteiger charge is -2.05. The number of hydrogen-bond acceptors (Lipinski definition) is 1. The fourth-order valence-corrected chi connectivity index (χ4v) is 1.62. The molecule has 0 aliphatic rings. The third kappa shape index (κ3) is 3.39. The van der Waals surface area contributed by atoms with Gasteiger partial charge in [-0.3, -0.25) is 0 Å². The SMILES string of the molecule is CCCCNCc1cccc(Br)c1F. The van der Waals surface area contributed by atoms with E-state index in [-0.39, 0.29) is 5.82 Å². The van der Waals surface area contributed by atoms with Crippen LogP contribution in [0.4, 0.5) is 4.39 Å². The monoisotopic (exact) mass is 259 g/mol. The van der Waals surface area contributed by atoms with Gasteiger partial charge in [0.15, 0.2) is 0 Å². The second-order valence-corrected chi connectivity index (χ2v) is 4.10. The number of unbranched alkanes of at least 4 members (excludes halogenated alkanes) is 1. The summed E-state index contributed by atoms with van der Waals surface area (Å²) >= 11 is 3.17. The van der Waals surface area contributed by atoms with E-state index in [0.717, 1.165) is 24.9 Å². The summed E-state index contributed by atoms with van der Waals surface area (Å²) in [7, 11) is 0. The standard InChI is InChI=1S/C11H15BrFN/c1-2-3-7-14-8-9-5-4-6-10(12)11(9)13/h4-6,14H,2-3,7-8H2,1H3. The molecule has 1 aromatic rings. The van der Waals surface area contributed by atoms with Crippen molar-refractivity contribution in [3.63, 3.8) is 0 Å². The summed E-state index contributed by atoms with van der Waals surface area (Å²) in [5.74, 6) is -0.156. The molecule has 1 N–H and O–H groups in total. The van der Waals surface area contributed by atoms with Crippen molar-refractivity contribution in [3.05, 3.63) is 34.1 Å². The van der Waals surface area contributed by atoms with E-state index in [0.29, 0.717) is 11.0 Å². The van der Waals surface area contributed by atoms with Crippen molar-refractivity contribution in [3.8, 4) is 0 Å². The molecule has 0 spiro atoms. The summed E-state index contributed by atoms with van der Waals surface area (Å²) in [5, 5.41) is 3.21. The van der Waals surface area contributed by atoms with Gasteiger partial charge in [-0.05, 0) is 35.0 Å². The van der Waals surface area contributed by atoms with Crippen molar-refractivity contribution in [2.45, 2.75) is 26.3 Å². The first kappa shape index (κ1) is 11.7. The van der Waals surface area contributed by atoms with Crippen LogP contribution >= 0.6 is 15.9 Å². The second kappa shape index (κ2) is 6.14. The largest absolute Gasteiger partial charge is 0.313 e. The Morgan fingerprint density at radius 3 is 2.93 bits per heavy atom. The van der Waals surface area contributed by atoms with Crippen LogP contribution in [-0.2, 0) is 6.54 Å². The Morgan fingerprint density at radius 2 is 2.21 bits per heavy atom. The third-order valence-electron chi connectivity index (χ3n) is 2.05. The van der Waals surface area contributed by atoms with Crippen molar-refractivity contribution < 1.29 is 4.39 Å². The molecule has 0 radical (unpaired) electrons. The number of nitrogens with one attached hydrogen (secondary N) is 1. The highest BCUT2D eigenvalue weighted by Gasteiger charge is 2.04. The van der Waals surface area contributed by atoms with Gasteiger partial charge >= 0.3 is 0 Å². The number of hydrogen-bond donors (Lipinski definition) is 1. The summed E-state index contributed by atoms with van der Waals surface area (Å²) in [5.41, 5.74) is 0.718. The van der Waals surface area contributed by atoms with E-state index in [1.807, 2.05) is 6.07 Å². The Hall–Kier alpha value is -0.410. The van der Waals surface area contributed by atoms with E-state index in [9.17, 15) is 4.39 Å². The highest BCUT2D eigenvalue weighted by molar-refractivity contribution is 9.10. The lowest BCUT2D eigenvalue weighted by atomic mass is 10.2. The maximum Gasteiger partial charge on any atom is 0.141 e. The maximum atomic E-state index is 13.4. The Balaban J connectivity index is 2.46. The van der Waals surface area contributed by atoms with Crippen molar-refractivity contribution in [1.29, 1.82) is 0 Å². The molecule has 0 saturated heterocycles. The van der Waals surface area contributed by atoms with Gasteiger partial charge in [0.05, 0.1) is 4.47 Å². The van der Waals surface area contributed by atoms with Gasteiger partial charge in [-0.15, -0.1) is 0 Å². The van der Waals surface area contributed by atoms with Gasteiger partial charge < -0.3 is 5.32 Å². The lowest BCUT2D eigenvalue weighted by Crippen LogP contribution is -2.15. The highest BCUT2D eigenvalue weighted by Crippen LogP contribution is 2.18. The van der Waals surface area contributed by atoms with E-state index in [1.165, 1.54) is 0 Å². The van der Waals surface area contributed by atoms with Crippen LogP contribution in [0.5, 0.6) is 0 Å². The molecule has 14 heavy (non-hydrogen) atoms. The minimum atomic E-state index is -0.156. The van der Waals surface area contributed by atoms with E-state index in [1.54, 1.807) is 12.1 Å². The molecular formula is C11H15BrFN. The van der Waals surface area contributed by atoms with E-state index in [2.05, 4.69) is 28.2 Å². The molecule has 0 aromatic heterocycles. The van der Waals surface area contributed by atoms with Crippen LogP contribution in [0.15, 0.2) is 22.7 Å². The zero-order valence-corrected chi connectivity index (χ0v) is 9.90. The van der Waals surface area contributed by atoms with E-state index >= 15 is 0 Å². The van der Waals surface area contributed by atoms with Crippen molar-refractivity contribution in [2.75, 3.05) is 6.54 Å². The topological polar surface area (TPSA) is 12.0 Å². The minimum absolute atomic E-state index is 0.156. The van der Waals surface area contributed by atoms with Crippen LogP contribution in [0, 0.1) is 5.82 Å². The summed E-state index contributed by atoms with van der Waals surface area (Å²) in [4.78, 5) is 0. The van der Waals surface area contributed by atoms with Crippen molar-refractivity contribution >= 4 is 15.9 Å². The quantitative estimate of drug-likeness (QED) is 0.799. The Bertz CT molecular complexity index is 289. The van der Waals surface area contributed by atoms with Crippen molar-refractivity contribution in [2.24, 2.45) is 0 Å². The Labute approximate surface area is 92.8 Å². The van der Waals surface area contributed by atoms with Crippen LogP contribution in [0.1, 0.15) is 25.3 Å². The molecule has 0 fully saturated rings. The predicted molar refractivity (Wildman–Crippen MR) is 60.7 cm³/mol. The van der Waals surface area contributed by atoms with Crippen LogP contribution in [0.3, 0.4) is 0 Å². The highest BCUT2D eigenvalue weighted by atomic mass is 79.9. The minimum Gasteiger partial charge on any atom is -0.313 e. The van der Waals surface area contributed by atoms with Crippen LogP contribution in [-0.4, -0.2) is 6.54 Å². The smallest absolute Gasteiger partial charge is 0.141 e. The maximum absolute atomic E-state index is 13.4. The number of benzene rings is 1. The molecule has 0 aliphatic carbocycles. The van der Waals surface area contributed by atoms with Crippen molar-refractivity contribution in [1.82, 2.24) is 5.32 Å².